The summed E-state index contributed by atoms with van der Waals surface area (Å²) >= 11 is 0. The Morgan fingerprint density at radius 2 is 2.00 bits per heavy atom. The summed E-state index contributed by atoms with van der Waals surface area (Å²) in [5.41, 5.74) is -0.536. The molecule has 0 aromatic carbocycles. The van der Waals surface area contributed by atoms with Crippen LogP contribution in [0, 0.1) is 5.41 Å². The Labute approximate surface area is 79.4 Å². The summed E-state index contributed by atoms with van der Waals surface area (Å²) in [4.78, 5) is 11.3. The Bertz CT molecular complexity index is 199. The molecule has 0 aromatic rings. The summed E-state index contributed by atoms with van der Waals surface area (Å²) in [5.74, 6) is 0.169. The molecule has 76 valence electrons. The van der Waals surface area contributed by atoms with Gasteiger partial charge in [-0.25, -0.2) is 0 Å². The molecule has 1 heterocycles. The number of ketones is 1. The zero-order chi connectivity index (χ0) is 10.1. The van der Waals surface area contributed by atoms with Gasteiger partial charge in [0.15, 0.2) is 0 Å². The van der Waals surface area contributed by atoms with Crippen LogP contribution < -0.4 is 0 Å². The van der Waals surface area contributed by atoms with Crippen molar-refractivity contribution in [2.24, 2.45) is 5.41 Å². The molecule has 0 bridgehead atoms. The molecule has 1 fully saturated rings. The maximum atomic E-state index is 11.3. The van der Waals surface area contributed by atoms with Gasteiger partial charge in [0.1, 0.15) is 5.78 Å². The Balaban J connectivity index is 2.46. The third kappa shape index (κ3) is 2.51. The highest BCUT2D eigenvalue weighted by molar-refractivity contribution is 5.83. The minimum Gasteiger partial charge on any atom is -0.379 e. The number of hydrogen-bond acceptors (Lipinski definition) is 3. The molecule has 0 atom stereocenters. The van der Waals surface area contributed by atoms with Gasteiger partial charge < -0.3 is 9.47 Å². The lowest BCUT2D eigenvalue weighted by atomic mass is 9.83. The van der Waals surface area contributed by atoms with Gasteiger partial charge in [0.2, 0.25) is 0 Å². The van der Waals surface area contributed by atoms with E-state index in [-0.39, 0.29) is 16.8 Å². The SMILES string of the molecule is CC(=O)C1(COC(C)(C)C)COC1. The molecule has 1 aliphatic heterocycles. The van der Waals surface area contributed by atoms with Gasteiger partial charge in [0.05, 0.1) is 30.8 Å². The summed E-state index contributed by atoms with van der Waals surface area (Å²) in [6.45, 7) is 9.07. The fraction of sp³-hybridized carbons (Fsp3) is 0.900. The highest BCUT2D eigenvalue weighted by atomic mass is 16.5. The third-order valence-corrected chi connectivity index (χ3v) is 2.29. The molecule has 0 aliphatic carbocycles. The molecule has 0 saturated carbocycles. The van der Waals surface area contributed by atoms with Gasteiger partial charge in [-0.1, -0.05) is 0 Å². The van der Waals surface area contributed by atoms with Gasteiger partial charge >= 0.3 is 0 Å². The molecule has 1 aliphatic rings. The number of carbonyl (C=O) groups is 1. The predicted molar refractivity (Wildman–Crippen MR) is 49.6 cm³/mol. The summed E-state index contributed by atoms with van der Waals surface area (Å²) in [5, 5.41) is 0. The summed E-state index contributed by atoms with van der Waals surface area (Å²) < 4.78 is 10.7. The zero-order valence-electron chi connectivity index (χ0n) is 8.85. The van der Waals surface area contributed by atoms with Crippen LogP contribution in [0.5, 0.6) is 0 Å². The van der Waals surface area contributed by atoms with E-state index < -0.39 is 0 Å². The van der Waals surface area contributed by atoms with Crippen molar-refractivity contribution < 1.29 is 14.3 Å². The highest BCUT2D eigenvalue weighted by Gasteiger charge is 2.44. The van der Waals surface area contributed by atoms with Crippen LogP contribution in [-0.4, -0.2) is 31.2 Å². The van der Waals surface area contributed by atoms with E-state index in [1.54, 1.807) is 6.92 Å². The number of hydrogen-bond donors (Lipinski definition) is 0. The van der Waals surface area contributed by atoms with E-state index in [1.165, 1.54) is 0 Å². The molecule has 0 amide bonds. The van der Waals surface area contributed by atoms with Crippen LogP contribution in [0.2, 0.25) is 0 Å². The molecular formula is C10H18O3. The van der Waals surface area contributed by atoms with Gasteiger partial charge in [0, 0.05) is 0 Å². The first-order valence-corrected chi connectivity index (χ1v) is 4.58. The number of rotatable bonds is 3. The monoisotopic (exact) mass is 186 g/mol. The van der Waals surface area contributed by atoms with Crippen LogP contribution in [0.3, 0.4) is 0 Å². The van der Waals surface area contributed by atoms with Crippen LogP contribution in [0.1, 0.15) is 27.7 Å². The summed E-state index contributed by atoms with van der Waals surface area (Å²) in [6.07, 6.45) is 0. The van der Waals surface area contributed by atoms with Crippen LogP contribution in [0.25, 0.3) is 0 Å². The first kappa shape index (κ1) is 10.7. The summed E-state index contributed by atoms with van der Waals surface area (Å²) in [7, 11) is 0. The van der Waals surface area contributed by atoms with Crippen LogP contribution >= 0.6 is 0 Å². The van der Waals surface area contributed by atoms with Crippen molar-refractivity contribution in [2.45, 2.75) is 33.3 Å². The normalized spacial score (nSPS) is 20.9. The van der Waals surface area contributed by atoms with Crippen molar-refractivity contribution in [3.63, 3.8) is 0 Å². The van der Waals surface area contributed by atoms with Crippen molar-refractivity contribution in [1.82, 2.24) is 0 Å². The lowest BCUT2D eigenvalue weighted by Gasteiger charge is -2.40. The number of carbonyl (C=O) groups excluding carboxylic acids is 1. The van der Waals surface area contributed by atoms with E-state index in [1.807, 2.05) is 20.8 Å². The Morgan fingerprint density at radius 1 is 1.46 bits per heavy atom. The van der Waals surface area contributed by atoms with Crippen molar-refractivity contribution in [3.05, 3.63) is 0 Å². The standard InChI is InChI=1S/C10H18O3/c1-8(11)10(5-12-6-10)7-13-9(2,3)4/h5-7H2,1-4H3. The predicted octanol–water partition coefficient (Wildman–Crippen LogP) is 1.41. The van der Waals surface area contributed by atoms with Gasteiger partial charge in [0.25, 0.3) is 0 Å². The molecule has 13 heavy (non-hydrogen) atoms. The van der Waals surface area contributed by atoms with Crippen LogP contribution in [0.15, 0.2) is 0 Å². The van der Waals surface area contributed by atoms with E-state index in [0.717, 1.165) is 0 Å². The molecule has 3 heteroatoms. The molecule has 0 radical (unpaired) electrons. The maximum absolute atomic E-state index is 11.3. The topological polar surface area (TPSA) is 35.5 Å². The van der Waals surface area contributed by atoms with E-state index in [2.05, 4.69) is 0 Å². The van der Waals surface area contributed by atoms with E-state index >= 15 is 0 Å². The largest absolute Gasteiger partial charge is 0.379 e. The minimum absolute atomic E-state index is 0.169. The average molecular weight is 186 g/mol. The smallest absolute Gasteiger partial charge is 0.142 e. The second-order valence-corrected chi connectivity index (χ2v) is 4.73. The first-order valence-electron chi connectivity index (χ1n) is 4.58. The Kier molecular flexibility index (Phi) is 2.78. The van der Waals surface area contributed by atoms with Gasteiger partial charge in [-0.15, -0.1) is 0 Å². The van der Waals surface area contributed by atoms with E-state index in [4.69, 9.17) is 9.47 Å². The quantitative estimate of drug-likeness (QED) is 0.668. The fourth-order valence-electron chi connectivity index (χ4n) is 1.09. The van der Waals surface area contributed by atoms with Crippen molar-refractivity contribution in [3.8, 4) is 0 Å². The van der Waals surface area contributed by atoms with Crippen LogP contribution in [-0.2, 0) is 14.3 Å². The molecule has 0 unspecified atom stereocenters. The Hall–Kier alpha value is -0.410. The molecule has 1 saturated heterocycles. The first-order chi connectivity index (χ1) is 5.86. The Morgan fingerprint density at radius 3 is 2.23 bits per heavy atom. The number of ether oxygens (including phenoxy) is 2. The van der Waals surface area contributed by atoms with Crippen molar-refractivity contribution in [2.75, 3.05) is 19.8 Å². The van der Waals surface area contributed by atoms with E-state index in [9.17, 15) is 4.79 Å². The van der Waals surface area contributed by atoms with Crippen molar-refractivity contribution >= 4 is 5.78 Å². The second-order valence-electron chi connectivity index (χ2n) is 4.73. The molecule has 0 N–H and O–H groups in total. The molecule has 1 rings (SSSR count). The molecule has 0 aromatic heterocycles. The number of Topliss-reactive ketones (excluding diaryl/α,β-unsaturated/α-hetero) is 1. The highest BCUT2D eigenvalue weighted by Crippen LogP contribution is 2.30. The zero-order valence-corrected chi connectivity index (χ0v) is 8.85. The maximum Gasteiger partial charge on any atom is 0.142 e. The lowest BCUT2D eigenvalue weighted by Crippen LogP contribution is -2.52. The third-order valence-electron chi connectivity index (χ3n) is 2.29. The lowest BCUT2D eigenvalue weighted by molar-refractivity contribution is -0.180. The molecule has 3 nitrogen and oxygen atoms in total. The molecular weight excluding hydrogens is 168 g/mol. The van der Waals surface area contributed by atoms with E-state index in [0.29, 0.717) is 19.8 Å². The fourth-order valence-corrected chi connectivity index (χ4v) is 1.09. The minimum atomic E-state index is -0.354. The second kappa shape index (κ2) is 3.39. The average Bonchev–Trinajstić information content (AvgIpc) is 1.80. The molecule has 0 spiro atoms. The van der Waals surface area contributed by atoms with Gasteiger partial charge in [-0.3, -0.25) is 4.79 Å². The van der Waals surface area contributed by atoms with Gasteiger partial charge in [-0.05, 0) is 27.7 Å². The summed E-state index contributed by atoms with van der Waals surface area (Å²) in [6, 6.07) is 0. The van der Waals surface area contributed by atoms with Crippen LogP contribution in [0.4, 0.5) is 0 Å². The van der Waals surface area contributed by atoms with Gasteiger partial charge in [-0.2, -0.15) is 0 Å². The van der Waals surface area contributed by atoms with Crippen molar-refractivity contribution in [1.29, 1.82) is 0 Å².